The number of nitrogens with one attached hydrogen (secondary N) is 1. The van der Waals surface area contributed by atoms with Gasteiger partial charge in [0.2, 0.25) is 5.91 Å². The normalized spacial score (nSPS) is 11.2. The Morgan fingerprint density at radius 3 is 2.65 bits per heavy atom. The first kappa shape index (κ1) is 16.2. The van der Waals surface area contributed by atoms with E-state index in [0.29, 0.717) is 18.9 Å². The van der Waals surface area contributed by atoms with Crippen LogP contribution in [-0.2, 0) is 20.9 Å². The van der Waals surface area contributed by atoms with Crippen LogP contribution >= 0.6 is 0 Å². The minimum absolute atomic E-state index is 0.0714. The number of hydrogen-bond donors (Lipinski definition) is 2. The summed E-state index contributed by atoms with van der Waals surface area (Å²) in [4.78, 5) is 22.8. The topological polar surface area (TPSA) is 75.6 Å². The maximum Gasteiger partial charge on any atom is 0.309 e. The Morgan fingerprint density at radius 2 is 2.05 bits per heavy atom. The van der Waals surface area contributed by atoms with E-state index in [-0.39, 0.29) is 12.3 Å². The number of carbonyl (C=O) groups excluding carboxylic acids is 1. The average Bonchev–Trinajstić information content (AvgIpc) is 2.35. The molecule has 110 valence electrons. The number of carboxylic acid groups (broad SMARTS) is 1. The highest BCUT2D eigenvalue weighted by atomic mass is 16.5. The van der Waals surface area contributed by atoms with Crippen LogP contribution in [0.25, 0.3) is 0 Å². The van der Waals surface area contributed by atoms with Crippen LogP contribution in [0, 0.1) is 5.41 Å². The summed E-state index contributed by atoms with van der Waals surface area (Å²) in [5, 5.41) is 11.7. The van der Waals surface area contributed by atoms with Crippen LogP contribution in [0.2, 0.25) is 0 Å². The van der Waals surface area contributed by atoms with Crippen LogP contribution in [0.5, 0.6) is 0 Å². The zero-order valence-electron chi connectivity index (χ0n) is 12.1. The van der Waals surface area contributed by atoms with E-state index in [2.05, 4.69) is 5.32 Å². The Kier molecular flexibility index (Phi) is 5.70. The molecule has 1 aromatic rings. The SMILES string of the molecule is CCOCc1cccc(NC(=O)CC(C)(C)C(=O)O)c1. The van der Waals surface area contributed by atoms with E-state index in [9.17, 15) is 9.59 Å². The summed E-state index contributed by atoms with van der Waals surface area (Å²) in [6.07, 6.45) is -0.0714. The van der Waals surface area contributed by atoms with E-state index in [1.54, 1.807) is 6.07 Å². The Bertz CT molecular complexity index is 483. The number of hydrogen-bond acceptors (Lipinski definition) is 3. The molecule has 1 rings (SSSR count). The molecular formula is C15H21NO4. The standard InChI is InChI=1S/C15H21NO4/c1-4-20-10-11-6-5-7-12(8-11)16-13(17)9-15(2,3)14(18)19/h5-8H,4,9-10H2,1-3H3,(H,16,17)(H,18,19). The smallest absolute Gasteiger partial charge is 0.309 e. The van der Waals surface area contributed by atoms with Gasteiger partial charge in [0.25, 0.3) is 0 Å². The van der Waals surface area contributed by atoms with Crippen molar-refractivity contribution in [1.82, 2.24) is 0 Å². The van der Waals surface area contributed by atoms with Crippen molar-refractivity contribution < 1.29 is 19.4 Å². The Morgan fingerprint density at radius 1 is 1.35 bits per heavy atom. The van der Waals surface area contributed by atoms with Gasteiger partial charge in [0.05, 0.1) is 12.0 Å². The van der Waals surface area contributed by atoms with Gasteiger partial charge in [-0.25, -0.2) is 0 Å². The molecule has 5 nitrogen and oxygen atoms in total. The average molecular weight is 279 g/mol. The second-order valence-corrected chi connectivity index (χ2v) is 5.25. The van der Waals surface area contributed by atoms with Crippen molar-refractivity contribution in [2.24, 2.45) is 5.41 Å². The van der Waals surface area contributed by atoms with Crippen molar-refractivity contribution >= 4 is 17.6 Å². The van der Waals surface area contributed by atoms with Gasteiger partial charge >= 0.3 is 5.97 Å². The summed E-state index contributed by atoms with van der Waals surface area (Å²) >= 11 is 0. The lowest BCUT2D eigenvalue weighted by atomic mass is 9.89. The van der Waals surface area contributed by atoms with E-state index >= 15 is 0 Å². The molecule has 1 aromatic carbocycles. The molecule has 0 bridgehead atoms. The molecule has 0 aliphatic rings. The van der Waals surface area contributed by atoms with Crippen LogP contribution < -0.4 is 5.32 Å². The van der Waals surface area contributed by atoms with Crippen molar-refractivity contribution in [2.75, 3.05) is 11.9 Å². The second-order valence-electron chi connectivity index (χ2n) is 5.25. The molecule has 0 unspecified atom stereocenters. The lowest BCUT2D eigenvalue weighted by Crippen LogP contribution is -2.29. The van der Waals surface area contributed by atoms with Crippen molar-refractivity contribution in [1.29, 1.82) is 0 Å². The van der Waals surface area contributed by atoms with Crippen molar-refractivity contribution in [3.8, 4) is 0 Å². The summed E-state index contributed by atoms with van der Waals surface area (Å²) in [6.45, 7) is 6.09. The Hall–Kier alpha value is -1.88. The van der Waals surface area contributed by atoms with E-state index in [1.807, 2.05) is 25.1 Å². The quantitative estimate of drug-likeness (QED) is 0.804. The molecule has 0 aromatic heterocycles. The molecule has 0 atom stereocenters. The van der Waals surface area contributed by atoms with Gasteiger partial charge in [-0.3, -0.25) is 9.59 Å². The zero-order valence-corrected chi connectivity index (χ0v) is 12.1. The van der Waals surface area contributed by atoms with Crippen molar-refractivity contribution in [3.05, 3.63) is 29.8 Å². The number of anilines is 1. The molecule has 0 saturated carbocycles. The van der Waals surface area contributed by atoms with Gasteiger partial charge in [-0.15, -0.1) is 0 Å². The highest BCUT2D eigenvalue weighted by Gasteiger charge is 2.30. The largest absolute Gasteiger partial charge is 0.481 e. The van der Waals surface area contributed by atoms with Crippen LogP contribution in [0.1, 0.15) is 32.8 Å². The summed E-state index contributed by atoms with van der Waals surface area (Å²) in [6, 6.07) is 7.32. The number of rotatable bonds is 7. The summed E-state index contributed by atoms with van der Waals surface area (Å²) in [7, 11) is 0. The number of benzene rings is 1. The molecule has 0 saturated heterocycles. The van der Waals surface area contributed by atoms with Gasteiger partial charge in [-0.05, 0) is 38.5 Å². The maximum atomic E-state index is 11.9. The molecule has 0 spiro atoms. The Labute approximate surface area is 118 Å². The third-order valence-electron chi connectivity index (χ3n) is 2.87. The first-order valence-corrected chi connectivity index (χ1v) is 6.55. The molecule has 0 fully saturated rings. The first-order valence-electron chi connectivity index (χ1n) is 6.55. The predicted octanol–water partition coefficient (Wildman–Crippen LogP) is 2.66. The van der Waals surface area contributed by atoms with Gasteiger partial charge < -0.3 is 15.2 Å². The number of aliphatic carboxylic acids is 1. The third-order valence-corrected chi connectivity index (χ3v) is 2.87. The zero-order chi connectivity index (χ0) is 15.2. The Balaban J connectivity index is 2.64. The second kappa shape index (κ2) is 7.05. The fourth-order valence-corrected chi connectivity index (χ4v) is 1.64. The highest BCUT2D eigenvalue weighted by molar-refractivity contribution is 5.94. The monoisotopic (exact) mass is 279 g/mol. The molecule has 0 heterocycles. The maximum absolute atomic E-state index is 11.9. The minimum atomic E-state index is -1.08. The van der Waals surface area contributed by atoms with Gasteiger partial charge in [-0.2, -0.15) is 0 Å². The highest BCUT2D eigenvalue weighted by Crippen LogP contribution is 2.21. The van der Waals surface area contributed by atoms with E-state index in [0.717, 1.165) is 5.56 Å². The van der Waals surface area contributed by atoms with Gasteiger partial charge in [0, 0.05) is 18.7 Å². The lowest BCUT2D eigenvalue weighted by Gasteiger charge is -2.18. The number of carboxylic acids is 1. The molecular weight excluding hydrogens is 258 g/mol. The van der Waals surface area contributed by atoms with E-state index in [4.69, 9.17) is 9.84 Å². The fraction of sp³-hybridized carbons (Fsp3) is 0.467. The molecule has 2 N–H and O–H groups in total. The fourth-order valence-electron chi connectivity index (χ4n) is 1.64. The van der Waals surface area contributed by atoms with Gasteiger partial charge in [0.1, 0.15) is 0 Å². The third kappa shape index (κ3) is 5.01. The van der Waals surface area contributed by atoms with Crippen LogP contribution in [0.15, 0.2) is 24.3 Å². The molecule has 0 radical (unpaired) electrons. The van der Waals surface area contributed by atoms with Crippen LogP contribution in [0.3, 0.4) is 0 Å². The summed E-state index contributed by atoms with van der Waals surface area (Å²) in [5.74, 6) is -1.30. The van der Waals surface area contributed by atoms with Gasteiger partial charge in [-0.1, -0.05) is 12.1 Å². The van der Waals surface area contributed by atoms with Crippen LogP contribution in [0.4, 0.5) is 5.69 Å². The van der Waals surface area contributed by atoms with Crippen molar-refractivity contribution in [3.63, 3.8) is 0 Å². The van der Waals surface area contributed by atoms with Crippen LogP contribution in [-0.4, -0.2) is 23.6 Å². The van der Waals surface area contributed by atoms with E-state index < -0.39 is 11.4 Å². The summed E-state index contributed by atoms with van der Waals surface area (Å²) in [5.41, 5.74) is 0.531. The first-order chi connectivity index (χ1) is 9.35. The van der Waals surface area contributed by atoms with E-state index in [1.165, 1.54) is 13.8 Å². The minimum Gasteiger partial charge on any atom is -0.481 e. The predicted molar refractivity (Wildman–Crippen MR) is 76.4 cm³/mol. The van der Waals surface area contributed by atoms with Crippen molar-refractivity contribution in [2.45, 2.75) is 33.8 Å². The van der Waals surface area contributed by atoms with Gasteiger partial charge in [0.15, 0.2) is 0 Å². The molecule has 1 amide bonds. The lowest BCUT2D eigenvalue weighted by molar-refractivity contribution is -0.148. The molecule has 0 aliphatic heterocycles. The number of carbonyl (C=O) groups is 2. The molecule has 20 heavy (non-hydrogen) atoms. The summed E-state index contributed by atoms with van der Waals surface area (Å²) < 4.78 is 5.30. The number of amides is 1. The molecule has 0 aliphatic carbocycles. The molecule has 5 heteroatoms. The number of ether oxygens (including phenoxy) is 1.